The second kappa shape index (κ2) is 6.60. The van der Waals surface area contributed by atoms with Gasteiger partial charge < -0.3 is 14.9 Å². The van der Waals surface area contributed by atoms with E-state index in [-0.39, 0.29) is 6.61 Å². The van der Waals surface area contributed by atoms with Crippen molar-refractivity contribution in [2.24, 2.45) is 0 Å². The second-order valence-electron chi connectivity index (χ2n) is 5.29. The van der Waals surface area contributed by atoms with E-state index in [9.17, 15) is 10.2 Å². The molecule has 0 heterocycles. The maximum atomic E-state index is 10.5. The maximum Gasteiger partial charge on any atom is 0.126 e. The summed E-state index contributed by atoms with van der Waals surface area (Å²) in [6, 6.07) is 14.8. The Labute approximate surface area is 133 Å². The number of hydrogen-bond donors (Lipinski definition) is 2. The molecule has 1 unspecified atom stereocenters. The number of hydrogen-bond acceptors (Lipinski definition) is 3. The molecule has 2 aromatic carbocycles. The predicted octanol–water partition coefficient (Wildman–Crippen LogP) is 3.79. The molecule has 2 aromatic rings. The summed E-state index contributed by atoms with van der Waals surface area (Å²) in [6.07, 6.45) is -0.630. The molecule has 0 aliphatic heterocycles. The first-order valence-electron chi connectivity index (χ1n) is 6.78. The quantitative estimate of drug-likeness (QED) is 0.862. The van der Waals surface area contributed by atoms with Crippen LogP contribution < -0.4 is 4.74 Å². The summed E-state index contributed by atoms with van der Waals surface area (Å²) in [7, 11) is 0. The van der Waals surface area contributed by atoms with E-state index in [0.717, 1.165) is 10.0 Å². The van der Waals surface area contributed by atoms with Crippen molar-refractivity contribution >= 4 is 15.9 Å². The number of halogens is 1. The van der Waals surface area contributed by atoms with E-state index in [4.69, 9.17) is 4.74 Å². The molecule has 0 aliphatic rings. The molecule has 112 valence electrons. The van der Waals surface area contributed by atoms with E-state index < -0.39 is 11.7 Å². The molecule has 2 rings (SSSR count). The van der Waals surface area contributed by atoms with Gasteiger partial charge in [-0.1, -0.05) is 52.3 Å². The molecule has 3 nitrogen and oxygen atoms in total. The van der Waals surface area contributed by atoms with Crippen LogP contribution >= 0.6 is 15.9 Å². The van der Waals surface area contributed by atoms with E-state index in [1.807, 2.05) is 36.4 Å². The Balaban J connectivity index is 2.18. The Morgan fingerprint density at radius 3 is 2.48 bits per heavy atom. The average Bonchev–Trinajstić information content (AvgIpc) is 2.46. The minimum atomic E-state index is -1.10. The van der Waals surface area contributed by atoms with Crippen molar-refractivity contribution in [2.45, 2.75) is 25.6 Å². The van der Waals surface area contributed by atoms with Crippen molar-refractivity contribution in [1.29, 1.82) is 0 Å². The van der Waals surface area contributed by atoms with Gasteiger partial charge in [-0.2, -0.15) is 0 Å². The van der Waals surface area contributed by atoms with Crippen LogP contribution in [-0.4, -0.2) is 16.8 Å². The molecule has 2 atom stereocenters. The minimum Gasteiger partial charge on any atom is -0.490 e. The van der Waals surface area contributed by atoms with Crippen molar-refractivity contribution in [1.82, 2.24) is 0 Å². The van der Waals surface area contributed by atoms with Crippen molar-refractivity contribution in [3.8, 4) is 5.75 Å². The van der Waals surface area contributed by atoms with Crippen molar-refractivity contribution in [3.05, 3.63) is 64.1 Å². The van der Waals surface area contributed by atoms with Gasteiger partial charge in [0.25, 0.3) is 0 Å². The zero-order chi connectivity index (χ0) is 15.5. The molecule has 0 fully saturated rings. The molecule has 0 amide bonds. The second-order valence-corrected chi connectivity index (χ2v) is 6.20. The standard InChI is InChI=1S/C17H19BrO3/c1-12(19)15-9-8-14(18)10-16(15)21-11-17(2,20)13-6-4-3-5-7-13/h3-10,12,19-20H,11H2,1-2H3/t12-,17?/m1/s1. The Bertz CT molecular complexity index is 594. The first-order valence-corrected chi connectivity index (χ1v) is 7.57. The first kappa shape index (κ1) is 16.0. The molecular formula is C17H19BrO3. The minimum absolute atomic E-state index is 0.104. The topological polar surface area (TPSA) is 49.7 Å². The van der Waals surface area contributed by atoms with Crippen LogP contribution in [0.15, 0.2) is 53.0 Å². The average molecular weight is 351 g/mol. The van der Waals surface area contributed by atoms with E-state index >= 15 is 0 Å². The molecule has 0 aliphatic carbocycles. The molecule has 0 radical (unpaired) electrons. The highest BCUT2D eigenvalue weighted by molar-refractivity contribution is 9.10. The van der Waals surface area contributed by atoms with Crippen LogP contribution in [0, 0.1) is 0 Å². The van der Waals surface area contributed by atoms with Crippen LogP contribution in [0.5, 0.6) is 5.75 Å². The van der Waals surface area contributed by atoms with Gasteiger partial charge in [-0.15, -0.1) is 0 Å². The third-order valence-electron chi connectivity index (χ3n) is 3.33. The Morgan fingerprint density at radius 2 is 1.86 bits per heavy atom. The number of aliphatic hydroxyl groups is 2. The van der Waals surface area contributed by atoms with Gasteiger partial charge >= 0.3 is 0 Å². The lowest BCUT2D eigenvalue weighted by Gasteiger charge is -2.25. The van der Waals surface area contributed by atoms with E-state index in [2.05, 4.69) is 15.9 Å². The SMILES string of the molecule is C[C@@H](O)c1ccc(Br)cc1OCC(C)(O)c1ccccc1. The third-order valence-corrected chi connectivity index (χ3v) is 3.82. The largest absolute Gasteiger partial charge is 0.490 e. The number of rotatable bonds is 5. The van der Waals surface area contributed by atoms with Crippen molar-refractivity contribution in [3.63, 3.8) is 0 Å². The lowest BCUT2D eigenvalue weighted by atomic mass is 9.97. The molecule has 0 aromatic heterocycles. The first-order chi connectivity index (χ1) is 9.90. The normalized spacial score (nSPS) is 15.3. The van der Waals surface area contributed by atoms with Crippen LogP contribution in [0.25, 0.3) is 0 Å². The highest BCUT2D eigenvalue weighted by Crippen LogP contribution is 2.30. The van der Waals surface area contributed by atoms with Gasteiger partial charge in [-0.3, -0.25) is 0 Å². The number of benzene rings is 2. The molecule has 0 saturated heterocycles. The van der Waals surface area contributed by atoms with E-state index in [0.29, 0.717) is 11.3 Å². The molecule has 21 heavy (non-hydrogen) atoms. The monoisotopic (exact) mass is 350 g/mol. The summed E-state index contributed by atoms with van der Waals surface area (Å²) in [5.74, 6) is 0.565. The van der Waals surface area contributed by atoms with Gasteiger partial charge in [0.05, 0.1) is 6.10 Å². The summed E-state index contributed by atoms with van der Waals surface area (Å²) in [5.41, 5.74) is 0.389. The summed E-state index contributed by atoms with van der Waals surface area (Å²) in [6.45, 7) is 3.50. The molecule has 0 spiro atoms. The molecule has 0 bridgehead atoms. The lowest BCUT2D eigenvalue weighted by Crippen LogP contribution is -2.29. The van der Waals surface area contributed by atoms with Crippen LogP contribution in [-0.2, 0) is 5.60 Å². The third kappa shape index (κ3) is 4.06. The van der Waals surface area contributed by atoms with E-state index in [1.54, 1.807) is 26.0 Å². The summed E-state index contributed by atoms with van der Waals surface area (Å²) >= 11 is 3.39. The summed E-state index contributed by atoms with van der Waals surface area (Å²) in [4.78, 5) is 0. The maximum absolute atomic E-state index is 10.5. The number of aliphatic hydroxyl groups excluding tert-OH is 1. The van der Waals surface area contributed by atoms with Gasteiger partial charge in [0.15, 0.2) is 0 Å². The van der Waals surface area contributed by atoms with Crippen LogP contribution in [0.4, 0.5) is 0 Å². The van der Waals surface area contributed by atoms with Gasteiger partial charge in [0, 0.05) is 10.0 Å². The van der Waals surface area contributed by atoms with Gasteiger partial charge in [-0.05, 0) is 31.5 Å². The van der Waals surface area contributed by atoms with Crippen LogP contribution in [0.1, 0.15) is 31.1 Å². The highest BCUT2D eigenvalue weighted by Gasteiger charge is 2.24. The van der Waals surface area contributed by atoms with Crippen molar-refractivity contribution < 1.29 is 14.9 Å². The van der Waals surface area contributed by atoms with Gasteiger partial charge in [0.2, 0.25) is 0 Å². The lowest BCUT2D eigenvalue weighted by molar-refractivity contribution is 0.00654. The Kier molecular flexibility index (Phi) is 5.04. The molecular weight excluding hydrogens is 332 g/mol. The van der Waals surface area contributed by atoms with Crippen LogP contribution in [0.3, 0.4) is 0 Å². The fraction of sp³-hybridized carbons (Fsp3) is 0.294. The van der Waals surface area contributed by atoms with Crippen LogP contribution in [0.2, 0.25) is 0 Å². The summed E-state index contributed by atoms with van der Waals surface area (Å²) in [5, 5.41) is 20.3. The summed E-state index contributed by atoms with van der Waals surface area (Å²) < 4.78 is 6.62. The van der Waals surface area contributed by atoms with E-state index in [1.165, 1.54) is 0 Å². The number of ether oxygens (including phenoxy) is 1. The Morgan fingerprint density at radius 1 is 1.19 bits per heavy atom. The molecule has 4 heteroatoms. The molecule has 2 N–H and O–H groups in total. The fourth-order valence-corrected chi connectivity index (χ4v) is 2.42. The zero-order valence-electron chi connectivity index (χ0n) is 12.1. The van der Waals surface area contributed by atoms with Gasteiger partial charge in [0.1, 0.15) is 18.0 Å². The fourth-order valence-electron chi connectivity index (χ4n) is 2.08. The van der Waals surface area contributed by atoms with Gasteiger partial charge in [-0.25, -0.2) is 0 Å². The molecule has 0 saturated carbocycles. The highest BCUT2D eigenvalue weighted by atomic mass is 79.9. The zero-order valence-corrected chi connectivity index (χ0v) is 13.7. The smallest absolute Gasteiger partial charge is 0.126 e. The predicted molar refractivity (Wildman–Crippen MR) is 86.3 cm³/mol. The Hall–Kier alpha value is -1.36. The van der Waals surface area contributed by atoms with Crippen molar-refractivity contribution in [2.75, 3.05) is 6.61 Å².